The number of aliphatic hydroxyl groups is 1. The number of rotatable bonds is 3. The number of benzene rings is 1. The van der Waals surface area contributed by atoms with E-state index in [0.717, 1.165) is 25.3 Å². The van der Waals surface area contributed by atoms with Crippen LogP contribution < -0.4 is 5.32 Å². The Morgan fingerprint density at radius 1 is 1.39 bits per heavy atom. The van der Waals surface area contributed by atoms with E-state index >= 15 is 0 Å². The summed E-state index contributed by atoms with van der Waals surface area (Å²) in [6.45, 7) is 2.48. The molecule has 18 heavy (non-hydrogen) atoms. The molecule has 96 valence electrons. The van der Waals surface area contributed by atoms with Crippen molar-refractivity contribution in [2.75, 3.05) is 31.6 Å². The lowest BCUT2D eigenvalue weighted by molar-refractivity contribution is -0.138. The number of aliphatic hydroxyl groups excluding tert-OH is 1. The Hall–Kier alpha value is -1.55. The predicted molar refractivity (Wildman–Crippen MR) is 69.4 cm³/mol. The van der Waals surface area contributed by atoms with E-state index < -0.39 is 0 Å². The molecule has 0 bridgehead atoms. The number of hydrogen-bond acceptors (Lipinski definition) is 3. The first kappa shape index (κ1) is 11.5. The molecule has 2 heterocycles. The lowest BCUT2D eigenvalue weighted by atomic mass is 9.95. The van der Waals surface area contributed by atoms with Crippen LogP contribution in [0.25, 0.3) is 0 Å². The Bertz CT molecular complexity index is 455. The van der Waals surface area contributed by atoms with Crippen LogP contribution in [0.5, 0.6) is 0 Å². The minimum absolute atomic E-state index is 0.192. The second kappa shape index (κ2) is 4.61. The van der Waals surface area contributed by atoms with Crippen molar-refractivity contribution in [2.45, 2.75) is 12.3 Å². The number of likely N-dealkylation sites (tertiary alicyclic amines) is 1. The van der Waals surface area contributed by atoms with Crippen LogP contribution in [-0.2, 0) is 4.79 Å². The molecular formula is C14H18N2O2. The van der Waals surface area contributed by atoms with Gasteiger partial charge in [0, 0.05) is 50.2 Å². The first-order valence-electron chi connectivity index (χ1n) is 6.49. The number of amides is 1. The second-order valence-electron chi connectivity index (χ2n) is 5.22. The van der Waals surface area contributed by atoms with Gasteiger partial charge in [-0.25, -0.2) is 0 Å². The van der Waals surface area contributed by atoms with Crippen LogP contribution in [0.1, 0.15) is 17.9 Å². The maximum atomic E-state index is 12.1. The number of fused-ring (bicyclic) bond motifs is 1. The third-order valence-corrected chi connectivity index (χ3v) is 3.93. The van der Waals surface area contributed by atoms with Crippen molar-refractivity contribution in [1.82, 2.24) is 4.90 Å². The van der Waals surface area contributed by atoms with Crippen LogP contribution in [0.3, 0.4) is 0 Å². The fourth-order valence-electron chi connectivity index (χ4n) is 2.77. The first-order chi connectivity index (χ1) is 8.78. The van der Waals surface area contributed by atoms with Gasteiger partial charge in [0.1, 0.15) is 0 Å². The first-order valence-corrected chi connectivity index (χ1v) is 6.49. The van der Waals surface area contributed by atoms with Gasteiger partial charge in [0.15, 0.2) is 0 Å². The number of anilines is 1. The molecule has 0 aliphatic carbocycles. The minimum atomic E-state index is 0.192. The third kappa shape index (κ3) is 1.97. The molecule has 1 unspecified atom stereocenters. The standard InChI is InChI=1S/C14H18N2O2/c17-9-10-7-16(8-10)14(18)5-11-6-15-13-4-2-1-3-12(11)13/h1-4,10-11,15,17H,5-9H2. The Kier molecular flexibility index (Phi) is 2.96. The van der Waals surface area contributed by atoms with E-state index in [4.69, 9.17) is 5.11 Å². The van der Waals surface area contributed by atoms with Crippen molar-refractivity contribution in [3.8, 4) is 0 Å². The number of nitrogens with one attached hydrogen (secondary N) is 1. The monoisotopic (exact) mass is 246 g/mol. The third-order valence-electron chi connectivity index (χ3n) is 3.93. The van der Waals surface area contributed by atoms with Crippen LogP contribution in [0, 0.1) is 5.92 Å². The van der Waals surface area contributed by atoms with Crippen molar-refractivity contribution < 1.29 is 9.90 Å². The van der Waals surface area contributed by atoms with Crippen LogP contribution in [-0.4, -0.2) is 42.2 Å². The molecule has 0 radical (unpaired) electrons. The number of carbonyl (C=O) groups excluding carboxylic acids is 1. The van der Waals surface area contributed by atoms with Gasteiger partial charge in [0.2, 0.25) is 5.91 Å². The average molecular weight is 246 g/mol. The number of carbonyl (C=O) groups is 1. The summed E-state index contributed by atoms with van der Waals surface area (Å²) in [5.41, 5.74) is 2.41. The molecule has 1 saturated heterocycles. The van der Waals surface area contributed by atoms with Gasteiger partial charge in [0.25, 0.3) is 0 Å². The summed E-state index contributed by atoms with van der Waals surface area (Å²) in [5.74, 6) is 0.799. The lowest BCUT2D eigenvalue weighted by Crippen LogP contribution is -2.51. The molecule has 2 N–H and O–H groups in total. The van der Waals surface area contributed by atoms with Gasteiger partial charge < -0.3 is 15.3 Å². The highest BCUT2D eigenvalue weighted by Crippen LogP contribution is 2.34. The molecule has 0 aromatic heterocycles. The summed E-state index contributed by atoms with van der Waals surface area (Å²) in [7, 11) is 0. The van der Waals surface area contributed by atoms with Crippen LogP contribution in [0.4, 0.5) is 5.69 Å². The fourth-order valence-corrected chi connectivity index (χ4v) is 2.77. The van der Waals surface area contributed by atoms with E-state index in [1.54, 1.807) is 0 Å². The van der Waals surface area contributed by atoms with E-state index in [9.17, 15) is 4.79 Å². The molecule has 1 amide bonds. The van der Waals surface area contributed by atoms with E-state index in [-0.39, 0.29) is 12.5 Å². The normalized spacial score (nSPS) is 22.3. The Labute approximate surface area is 107 Å². The molecule has 2 aliphatic rings. The fraction of sp³-hybridized carbons (Fsp3) is 0.500. The van der Waals surface area contributed by atoms with E-state index in [2.05, 4.69) is 17.4 Å². The quantitative estimate of drug-likeness (QED) is 0.837. The number of hydrogen-bond donors (Lipinski definition) is 2. The van der Waals surface area contributed by atoms with Crippen molar-refractivity contribution in [3.05, 3.63) is 29.8 Å². The number of nitrogens with zero attached hydrogens (tertiary/aromatic N) is 1. The Morgan fingerprint density at radius 2 is 2.17 bits per heavy atom. The molecule has 0 saturated carbocycles. The summed E-state index contributed by atoms with van der Waals surface area (Å²) in [5, 5.41) is 12.3. The van der Waals surface area contributed by atoms with Gasteiger partial charge in [-0.3, -0.25) is 4.79 Å². The zero-order valence-corrected chi connectivity index (χ0v) is 10.3. The molecule has 1 atom stereocenters. The smallest absolute Gasteiger partial charge is 0.223 e. The van der Waals surface area contributed by atoms with Gasteiger partial charge in [-0.2, -0.15) is 0 Å². The van der Waals surface area contributed by atoms with Gasteiger partial charge in [-0.05, 0) is 11.6 Å². The molecule has 2 aliphatic heterocycles. The van der Waals surface area contributed by atoms with Crippen LogP contribution >= 0.6 is 0 Å². The zero-order chi connectivity index (χ0) is 12.5. The van der Waals surface area contributed by atoms with Gasteiger partial charge in [-0.15, -0.1) is 0 Å². The summed E-state index contributed by atoms with van der Waals surface area (Å²) in [4.78, 5) is 13.9. The molecule has 1 aromatic carbocycles. The Balaban J connectivity index is 1.60. The van der Waals surface area contributed by atoms with Crippen molar-refractivity contribution in [1.29, 1.82) is 0 Å². The predicted octanol–water partition coefficient (Wildman–Crippen LogP) is 1.04. The molecule has 3 rings (SSSR count). The van der Waals surface area contributed by atoms with E-state index in [1.807, 2.05) is 17.0 Å². The molecule has 4 heteroatoms. The van der Waals surface area contributed by atoms with Crippen LogP contribution in [0.15, 0.2) is 24.3 Å². The van der Waals surface area contributed by atoms with Crippen LogP contribution in [0.2, 0.25) is 0 Å². The van der Waals surface area contributed by atoms with E-state index in [1.165, 1.54) is 5.56 Å². The maximum absolute atomic E-state index is 12.1. The second-order valence-corrected chi connectivity index (χ2v) is 5.22. The highest BCUT2D eigenvalue weighted by atomic mass is 16.3. The maximum Gasteiger partial charge on any atom is 0.223 e. The zero-order valence-electron chi connectivity index (χ0n) is 10.3. The van der Waals surface area contributed by atoms with Crippen molar-refractivity contribution >= 4 is 11.6 Å². The van der Waals surface area contributed by atoms with Crippen molar-refractivity contribution in [3.63, 3.8) is 0 Å². The average Bonchev–Trinajstić information content (AvgIpc) is 2.72. The van der Waals surface area contributed by atoms with Gasteiger partial charge >= 0.3 is 0 Å². The van der Waals surface area contributed by atoms with Crippen molar-refractivity contribution in [2.24, 2.45) is 5.92 Å². The molecule has 4 nitrogen and oxygen atoms in total. The lowest BCUT2D eigenvalue weighted by Gasteiger charge is -2.38. The van der Waals surface area contributed by atoms with Gasteiger partial charge in [-0.1, -0.05) is 18.2 Å². The molecule has 0 spiro atoms. The molecule has 1 aromatic rings. The highest BCUT2D eigenvalue weighted by molar-refractivity contribution is 5.79. The topological polar surface area (TPSA) is 52.6 Å². The SMILES string of the molecule is O=C(CC1CNc2ccccc21)N1CC(CO)C1. The van der Waals surface area contributed by atoms with E-state index in [0.29, 0.717) is 18.3 Å². The minimum Gasteiger partial charge on any atom is -0.396 e. The highest BCUT2D eigenvalue weighted by Gasteiger charge is 2.32. The molecular weight excluding hydrogens is 228 g/mol. The number of para-hydroxylation sites is 1. The summed E-state index contributed by atoms with van der Waals surface area (Å²) < 4.78 is 0. The Morgan fingerprint density at radius 3 is 2.94 bits per heavy atom. The summed E-state index contributed by atoms with van der Waals surface area (Å²) in [6.07, 6.45) is 0.572. The van der Waals surface area contributed by atoms with Gasteiger partial charge in [0.05, 0.1) is 0 Å². The molecule has 1 fully saturated rings. The summed E-state index contributed by atoms with van der Waals surface area (Å²) >= 11 is 0. The largest absolute Gasteiger partial charge is 0.396 e. The summed E-state index contributed by atoms with van der Waals surface area (Å²) in [6, 6.07) is 8.19.